The minimum absolute atomic E-state index is 0.0756. The van der Waals surface area contributed by atoms with Crippen molar-refractivity contribution in [1.82, 2.24) is 0 Å². The molecule has 0 aromatic heterocycles. The predicted octanol–water partition coefficient (Wildman–Crippen LogP) is 10.6. The lowest BCUT2D eigenvalue weighted by atomic mass is 10.0. The summed E-state index contributed by atoms with van der Waals surface area (Å²) in [7, 11) is 0. The zero-order valence-electron chi connectivity index (χ0n) is 26.8. The van der Waals surface area contributed by atoms with E-state index in [4.69, 9.17) is 88.6 Å². The quantitative estimate of drug-likeness (QED) is 0.0807. The Morgan fingerprint density at radius 1 is 0.646 bits per heavy atom. The monoisotopic (exact) mass is 782 g/mol. The molecule has 2 aliphatic rings. The summed E-state index contributed by atoms with van der Waals surface area (Å²) in [5.74, 6) is -4.15. The van der Waals surface area contributed by atoms with Crippen LogP contribution in [0.3, 0.4) is 0 Å². The van der Waals surface area contributed by atoms with Crippen LogP contribution in [-0.2, 0) is 19.1 Å². The number of hydrogen-bond acceptors (Lipinski definition) is 8. The van der Waals surface area contributed by atoms with E-state index in [0.29, 0.717) is 23.7 Å². The maximum atomic E-state index is 13.2. The summed E-state index contributed by atoms with van der Waals surface area (Å²) in [6.45, 7) is 8.35. The second kappa shape index (κ2) is 16.8. The van der Waals surface area contributed by atoms with Crippen molar-refractivity contribution in [2.24, 2.45) is 35.5 Å². The Balaban J connectivity index is 1.49. The van der Waals surface area contributed by atoms with E-state index in [2.05, 4.69) is 13.8 Å². The summed E-state index contributed by atoms with van der Waals surface area (Å²) < 4.78 is 21.4. The lowest BCUT2D eigenvalue weighted by molar-refractivity contribution is -0.156. The van der Waals surface area contributed by atoms with Crippen molar-refractivity contribution in [3.8, 4) is 11.5 Å². The number of esters is 4. The smallest absolute Gasteiger partial charge is 0.423 e. The Labute approximate surface area is 309 Å². The summed E-state index contributed by atoms with van der Waals surface area (Å²) in [4.78, 5) is 52.4. The summed E-state index contributed by atoms with van der Waals surface area (Å²) in [5.41, 5.74) is -0.905. The van der Waals surface area contributed by atoms with Crippen LogP contribution in [0.5, 0.6) is 11.5 Å². The first-order chi connectivity index (χ1) is 22.7. The average Bonchev–Trinajstić information content (AvgIpc) is 3.97. The number of halogens is 6. The van der Waals surface area contributed by atoms with Crippen molar-refractivity contribution in [2.45, 2.75) is 66.2 Å². The van der Waals surface area contributed by atoms with Crippen LogP contribution in [0.1, 0.15) is 86.9 Å². The van der Waals surface area contributed by atoms with Crippen molar-refractivity contribution in [3.05, 3.63) is 53.4 Å². The van der Waals surface area contributed by atoms with Gasteiger partial charge in [0, 0.05) is 0 Å². The highest BCUT2D eigenvalue weighted by Gasteiger charge is 2.42. The fourth-order valence-corrected chi connectivity index (χ4v) is 7.58. The van der Waals surface area contributed by atoms with Gasteiger partial charge in [0.25, 0.3) is 0 Å². The molecule has 0 bridgehead atoms. The van der Waals surface area contributed by atoms with Gasteiger partial charge in [0.05, 0.1) is 43.3 Å². The molecule has 0 spiro atoms. The van der Waals surface area contributed by atoms with E-state index < -0.39 is 46.5 Å². The fraction of sp³-hybridized carbons (Fsp3) is 0.529. The molecule has 2 aliphatic carbocycles. The summed E-state index contributed by atoms with van der Waals surface area (Å²) in [5, 5.41) is -1.45. The largest absolute Gasteiger partial charge is 0.462 e. The van der Waals surface area contributed by atoms with Crippen molar-refractivity contribution in [1.29, 1.82) is 0 Å². The van der Waals surface area contributed by atoms with Crippen molar-refractivity contribution < 1.29 is 38.1 Å². The summed E-state index contributed by atoms with van der Waals surface area (Å²) in [6.07, 6.45) is 6.46. The standard InChI is InChI=1S/C34H36Cl6O8/c1-5-7-17-9-19(17)15(3)13-45-31(41)25-27(39)21(35)11-23(37)29(25)47-33(43)34(44)48-30-24(38)12-22(36)28(40)26(30)32(42)46-14-16(4)20-10-18(20)8-6-2/h11-12,15-20H,5-10,13-14H2,1-4H3. The second-order valence-corrected chi connectivity index (χ2v) is 14.9. The molecule has 2 fully saturated rings. The van der Waals surface area contributed by atoms with Gasteiger partial charge in [-0.2, -0.15) is 0 Å². The van der Waals surface area contributed by atoms with E-state index in [0.717, 1.165) is 50.7 Å². The topological polar surface area (TPSA) is 105 Å². The van der Waals surface area contributed by atoms with Gasteiger partial charge >= 0.3 is 23.9 Å². The third-order valence-electron chi connectivity index (χ3n) is 8.91. The molecule has 2 aromatic carbocycles. The molecule has 14 heteroatoms. The molecule has 0 aliphatic heterocycles. The van der Waals surface area contributed by atoms with Crippen LogP contribution in [0.15, 0.2) is 12.1 Å². The molecule has 262 valence electrons. The van der Waals surface area contributed by atoms with Gasteiger partial charge in [0.1, 0.15) is 11.1 Å². The zero-order chi connectivity index (χ0) is 35.4. The van der Waals surface area contributed by atoms with Crippen molar-refractivity contribution in [3.63, 3.8) is 0 Å². The number of rotatable bonds is 14. The van der Waals surface area contributed by atoms with E-state index in [1.54, 1.807) is 0 Å². The van der Waals surface area contributed by atoms with E-state index in [-0.39, 0.29) is 55.2 Å². The molecule has 6 unspecified atom stereocenters. The molecule has 8 nitrogen and oxygen atoms in total. The minimum Gasteiger partial charge on any atom is -0.462 e. The minimum atomic E-state index is -1.64. The highest BCUT2D eigenvalue weighted by molar-refractivity contribution is 6.47. The Kier molecular flexibility index (Phi) is 13.6. The van der Waals surface area contributed by atoms with Crippen LogP contribution in [-0.4, -0.2) is 37.1 Å². The van der Waals surface area contributed by atoms with Gasteiger partial charge < -0.3 is 18.9 Å². The molecule has 2 saturated carbocycles. The Hall–Kier alpha value is -1.94. The molecule has 6 atom stereocenters. The predicted molar refractivity (Wildman–Crippen MR) is 186 cm³/mol. The van der Waals surface area contributed by atoms with E-state index >= 15 is 0 Å². The molecular weight excluding hydrogens is 749 g/mol. The molecule has 0 saturated heterocycles. The van der Waals surface area contributed by atoms with Crippen molar-refractivity contribution >= 4 is 93.5 Å². The van der Waals surface area contributed by atoms with Gasteiger partial charge in [-0.3, -0.25) is 0 Å². The molecule has 0 heterocycles. The van der Waals surface area contributed by atoms with E-state index in [1.165, 1.54) is 0 Å². The van der Waals surface area contributed by atoms with Crippen molar-refractivity contribution in [2.75, 3.05) is 13.2 Å². The Morgan fingerprint density at radius 2 is 1.00 bits per heavy atom. The molecule has 48 heavy (non-hydrogen) atoms. The third-order valence-corrected chi connectivity index (χ3v) is 11.0. The van der Waals surface area contributed by atoms with Crippen LogP contribution in [0.2, 0.25) is 30.1 Å². The highest BCUT2D eigenvalue weighted by atomic mass is 35.5. The van der Waals surface area contributed by atoms with Crippen LogP contribution >= 0.6 is 69.6 Å². The van der Waals surface area contributed by atoms with Crippen LogP contribution in [0, 0.1) is 35.5 Å². The summed E-state index contributed by atoms with van der Waals surface area (Å²) >= 11 is 37.5. The first-order valence-corrected chi connectivity index (χ1v) is 18.1. The fourth-order valence-electron chi connectivity index (χ4n) is 6.14. The number of carbonyl (C=O) groups excluding carboxylic acids is 4. The van der Waals surface area contributed by atoms with Gasteiger partial charge in [-0.1, -0.05) is 123 Å². The molecule has 0 amide bonds. The van der Waals surface area contributed by atoms with Crippen LogP contribution < -0.4 is 9.47 Å². The van der Waals surface area contributed by atoms with Gasteiger partial charge in [-0.15, -0.1) is 0 Å². The van der Waals surface area contributed by atoms with Gasteiger partial charge in [0.2, 0.25) is 0 Å². The maximum Gasteiger partial charge on any atom is 0.423 e. The lowest BCUT2D eigenvalue weighted by Crippen LogP contribution is -2.27. The SMILES string of the molecule is CCCC1CC1C(C)COC(=O)c1c(Cl)c(Cl)cc(Cl)c1OC(=O)C(=O)Oc1c(Cl)cc(Cl)c(Cl)c1C(=O)OCC(C)C1CC1CCC. The number of benzene rings is 2. The first kappa shape index (κ1) is 38.9. The van der Waals surface area contributed by atoms with Gasteiger partial charge in [0.15, 0.2) is 11.5 Å². The molecule has 2 aromatic rings. The summed E-state index contributed by atoms with van der Waals surface area (Å²) in [6, 6.07) is 2.27. The average molecular weight is 785 g/mol. The maximum absolute atomic E-state index is 13.2. The molecule has 4 rings (SSSR count). The molecule has 0 radical (unpaired) electrons. The Bertz CT molecular complexity index is 1460. The normalized spacial score (nSPS) is 20.8. The third kappa shape index (κ3) is 9.23. The van der Waals surface area contributed by atoms with E-state index in [9.17, 15) is 19.2 Å². The number of ether oxygens (including phenoxy) is 4. The van der Waals surface area contributed by atoms with Crippen LogP contribution in [0.4, 0.5) is 0 Å². The van der Waals surface area contributed by atoms with Gasteiger partial charge in [-0.25, -0.2) is 19.2 Å². The molecule has 0 N–H and O–H groups in total. The molecular formula is C34H36Cl6O8. The highest BCUT2D eigenvalue weighted by Crippen LogP contribution is 2.48. The zero-order valence-corrected chi connectivity index (χ0v) is 31.3. The number of carbonyl (C=O) groups is 4. The second-order valence-electron chi connectivity index (χ2n) is 12.5. The Morgan fingerprint density at radius 3 is 1.33 bits per heavy atom. The lowest BCUT2D eigenvalue weighted by Gasteiger charge is -2.17. The van der Waals surface area contributed by atoms with E-state index in [1.807, 2.05) is 13.8 Å². The first-order valence-electron chi connectivity index (χ1n) is 15.8. The van der Waals surface area contributed by atoms with Crippen LogP contribution in [0.25, 0.3) is 0 Å². The van der Waals surface area contributed by atoms with Gasteiger partial charge in [-0.05, 0) is 60.5 Å². The number of hydrogen-bond donors (Lipinski definition) is 0.